The zero-order valence-electron chi connectivity index (χ0n) is 14.2. The van der Waals surface area contributed by atoms with Gasteiger partial charge in [0.15, 0.2) is 0 Å². The number of carbonyl (C=O) groups is 1. The topological polar surface area (TPSA) is 35.6 Å². The SMILES string of the molecule is O=C(CCN1CCN(Cc2ccc(Cl)s2)CC1)Nc1ccc(Cl)cc1F. The van der Waals surface area contributed by atoms with E-state index in [1.54, 1.807) is 17.4 Å². The van der Waals surface area contributed by atoms with Gasteiger partial charge in [-0.05, 0) is 30.3 Å². The maximum Gasteiger partial charge on any atom is 0.225 e. The minimum Gasteiger partial charge on any atom is -0.324 e. The molecule has 0 radical (unpaired) electrons. The van der Waals surface area contributed by atoms with Crippen molar-refractivity contribution < 1.29 is 9.18 Å². The molecule has 2 heterocycles. The highest BCUT2D eigenvalue weighted by atomic mass is 35.5. The van der Waals surface area contributed by atoms with Crippen LogP contribution >= 0.6 is 34.5 Å². The molecule has 1 aromatic carbocycles. The molecule has 8 heteroatoms. The van der Waals surface area contributed by atoms with Crippen LogP contribution < -0.4 is 5.32 Å². The van der Waals surface area contributed by atoms with Crippen LogP contribution in [0.25, 0.3) is 0 Å². The number of rotatable bonds is 6. The van der Waals surface area contributed by atoms with Gasteiger partial charge < -0.3 is 10.2 Å². The Morgan fingerprint density at radius 3 is 2.50 bits per heavy atom. The average molecular weight is 416 g/mol. The molecule has 0 saturated carbocycles. The van der Waals surface area contributed by atoms with Crippen LogP contribution in [0.3, 0.4) is 0 Å². The normalized spacial score (nSPS) is 16.0. The minimum atomic E-state index is -0.520. The molecule has 1 N–H and O–H groups in total. The van der Waals surface area contributed by atoms with Crippen LogP contribution in [0.5, 0.6) is 0 Å². The van der Waals surface area contributed by atoms with Gasteiger partial charge in [0.2, 0.25) is 5.91 Å². The fourth-order valence-corrected chi connectivity index (χ4v) is 4.18. The number of amides is 1. The number of hydrogen-bond donors (Lipinski definition) is 1. The van der Waals surface area contributed by atoms with E-state index in [0.29, 0.717) is 18.0 Å². The van der Waals surface area contributed by atoms with Gasteiger partial charge >= 0.3 is 0 Å². The maximum atomic E-state index is 13.7. The Balaban J connectivity index is 1.38. The number of halogens is 3. The molecule has 1 saturated heterocycles. The van der Waals surface area contributed by atoms with Crippen molar-refractivity contribution in [3.05, 3.63) is 50.4 Å². The number of hydrogen-bond acceptors (Lipinski definition) is 4. The van der Waals surface area contributed by atoms with Crippen LogP contribution in [-0.2, 0) is 11.3 Å². The summed E-state index contributed by atoms with van der Waals surface area (Å²) in [4.78, 5) is 18.0. The van der Waals surface area contributed by atoms with Crippen LogP contribution in [0.1, 0.15) is 11.3 Å². The monoisotopic (exact) mass is 415 g/mol. The summed E-state index contributed by atoms with van der Waals surface area (Å²) in [5.74, 6) is -0.713. The van der Waals surface area contributed by atoms with E-state index in [2.05, 4.69) is 21.2 Å². The molecule has 0 atom stereocenters. The van der Waals surface area contributed by atoms with Gasteiger partial charge in [-0.15, -0.1) is 11.3 Å². The second kappa shape index (κ2) is 9.15. The molecular weight excluding hydrogens is 396 g/mol. The summed E-state index contributed by atoms with van der Waals surface area (Å²) in [7, 11) is 0. The van der Waals surface area contributed by atoms with Crippen molar-refractivity contribution >= 4 is 46.1 Å². The molecule has 0 unspecified atom stereocenters. The van der Waals surface area contributed by atoms with Gasteiger partial charge in [-0.25, -0.2) is 4.39 Å². The largest absolute Gasteiger partial charge is 0.324 e. The lowest BCUT2D eigenvalue weighted by atomic mass is 10.2. The Bertz CT molecular complexity index is 763. The third-order valence-electron chi connectivity index (χ3n) is 4.33. The van der Waals surface area contributed by atoms with E-state index in [9.17, 15) is 9.18 Å². The van der Waals surface area contributed by atoms with Gasteiger partial charge in [-0.3, -0.25) is 9.69 Å². The zero-order valence-corrected chi connectivity index (χ0v) is 16.5. The second-order valence-corrected chi connectivity index (χ2v) is 8.48. The Hall–Kier alpha value is -1.18. The Kier molecular flexibility index (Phi) is 6.89. The molecule has 1 amide bonds. The third kappa shape index (κ3) is 5.66. The van der Waals surface area contributed by atoms with Crippen LogP contribution in [-0.4, -0.2) is 48.4 Å². The van der Waals surface area contributed by atoms with Crippen molar-refractivity contribution in [2.75, 3.05) is 38.0 Å². The molecule has 140 valence electrons. The molecule has 0 aliphatic carbocycles. The number of thiophene rings is 1. The lowest BCUT2D eigenvalue weighted by molar-refractivity contribution is -0.116. The first-order valence-electron chi connectivity index (χ1n) is 8.43. The molecular formula is C18H20Cl2FN3OS. The van der Waals surface area contributed by atoms with E-state index in [4.69, 9.17) is 23.2 Å². The molecule has 1 aliphatic heterocycles. The first kappa shape index (κ1) is 19.6. The van der Waals surface area contributed by atoms with Crippen molar-refractivity contribution in [1.29, 1.82) is 0 Å². The predicted octanol–water partition coefficient (Wildman–Crippen LogP) is 4.34. The van der Waals surface area contributed by atoms with Crippen LogP contribution in [0.4, 0.5) is 10.1 Å². The summed E-state index contributed by atoms with van der Waals surface area (Å²) in [5, 5.41) is 2.91. The molecule has 4 nitrogen and oxygen atoms in total. The van der Waals surface area contributed by atoms with E-state index >= 15 is 0 Å². The maximum absolute atomic E-state index is 13.7. The zero-order chi connectivity index (χ0) is 18.5. The standard InChI is InChI=1S/C18H20Cl2FN3OS/c19-13-1-3-16(15(21)11-13)22-18(25)5-6-23-7-9-24(10-8-23)12-14-2-4-17(20)26-14/h1-4,11H,5-10,12H2,(H,22,25). The third-order valence-corrected chi connectivity index (χ3v) is 5.78. The molecule has 0 spiro atoms. The predicted molar refractivity (Wildman–Crippen MR) is 106 cm³/mol. The van der Waals surface area contributed by atoms with Gasteiger partial charge in [-0.1, -0.05) is 23.2 Å². The Labute approximate surface area is 166 Å². The quantitative estimate of drug-likeness (QED) is 0.761. The molecule has 1 fully saturated rings. The van der Waals surface area contributed by atoms with E-state index in [1.807, 2.05) is 6.07 Å². The van der Waals surface area contributed by atoms with Crippen LogP contribution in [0, 0.1) is 5.82 Å². The summed E-state index contributed by atoms with van der Waals surface area (Å²) >= 11 is 13.3. The van der Waals surface area contributed by atoms with Crippen molar-refractivity contribution in [1.82, 2.24) is 9.80 Å². The summed E-state index contributed by atoms with van der Waals surface area (Å²) in [6.07, 6.45) is 0.336. The lowest BCUT2D eigenvalue weighted by Crippen LogP contribution is -2.46. The fraction of sp³-hybridized carbons (Fsp3) is 0.389. The lowest BCUT2D eigenvalue weighted by Gasteiger charge is -2.34. The van der Waals surface area contributed by atoms with Crippen molar-refractivity contribution in [2.45, 2.75) is 13.0 Å². The summed E-state index contributed by atoms with van der Waals surface area (Å²) in [6.45, 7) is 5.34. The molecule has 1 aliphatic rings. The highest BCUT2D eigenvalue weighted by molar-refractivity contribution is 7.16. The molecule has 3 rings (SSSR count). The Morgan fingerprint density at radius 1 is 1.12 bits per heavy atom. The van der Waals surface area contributed by atoms with Crippen molar-refractivity contribution in [3.63, 3.8) is 0 Å². The number of piperazine rings is 1. The molecule has 1 aromatic heterocycles. The number of anilines is 1. The summed E-state index contributed by atoms with van der Waals surface area (Å²) in [6, 6.07) is 8.22. The smallest absolute Gasteiger partial charge is 0.225 e. The van der Waals surface area contributed by atoms with Gasteiger partial charge in [-0.2, -0.15) is 0 Å². The highest BCUT2D eigenvalue weighted by Crippen LogP contribution is 2.23. The van der Waals surface area contributed by atoms with E-state index < -0.39 is 5.82 Å². The minimum absolute atomic E-state index is 0.166. The molecule has 26 heavy (non-hydrogen) atoms. The van der Waals surface area contributed by atoms with E-state index in [0.717, 1.165) is 37.1 Å². The van der Waals surface area contributed by atoms with Crippen molar-refractivity contribution in [3.8, 4) is 0 Å². The van der Waals surface area contributed by atoms with Crippen LogP contribution in [0.2, 0.25) is 9.36 Å². The van der Waals surface area contributed by atoms with Gasteiger partial charge in [0, 0.05) is 55.6 Å². The van der Waals surface area contributed by atoms with Gasteiger partial charge in [0.1, 0.15) is 5.82 Å². The van der Waals surface area contributed by atoms with E-state index in [-0.39, 0.29) is 11.6 Å². The molecule has 0 bridgehead atoms. The van der Waals surface area contributed by atoms with Gasteiger partial charge in [0.05, 0.1) is 10.0 Å². The first-order valence-corrected chi connectivity index (χ1v) is 10.0. The first-order chi connectivity index (χ1) is 12.5. The summed E-state index contributed by atoms with van der Waals surface area (Å²) < 4.78 is 14.5. The van der Waals surface area contributed by atoms with Gasteiger partial charge in [0.25, 0.3) is 0 Å². The second-order valence-electron chi connectivity index (χ2n) is 6.25. The number of benzene rings is 1. The number of carbonyl (C=O) groups excluding carboxylic acids is 1. The number of nitrogens with zero attached hydrogens (tertiary/aromatic N) is 2. The summed E-state index contributed by atoms with van der Waals surface area (Å²) in [5.41, 5.74) is 0.166. The fourth-order valence-electron chi connectivity index (χ4n) is 2.89. The van der Waals surface area contributed by atoms with Crippen LogP contribution in [0.15, 0.2) is 30.3 Å². The number of nitrogens with one attached hydrogen (secondary N) is 1. The highest BCUT2D eigenvalue weighted by Gasteiger charge is 2.18. The van der Waals surface area contributed by atoms with E-state index in [1.165, 1.54) is 17.0 Å². The average Bonchev–Trinajstić information content (AvgIpc) is 3.02. The molecule has 2 aromatic rings. The van der Waals surface area contributed by atoms with Crippen molar-refractivity contribution in [2.24, 2.45) is 0 Å². The Morgan fingerprint density at radius 2 is 1.85 bits per heavy atom.